The molecule has 0 aromatic heterocycles. The Bertz CT molecular complexity index is 773. The lowest BCUT2D eigenvalue weighted by Gasteiger charge is -2.16. The van der Waals surface area contributed by atoms with Crippen LogP contribution in [0.25, 0.3) is 0 Å². The van der Waals surface area contributed by atoms with E-state index in [4.69, 9.17) is 4.74 Å². The zero-order valence-corrected chi connectivity index (χ0v) is 14.3. The first-order valence-electron chi connectivity index (χ1n) is 8.48. The van der Waals surface area contributed by atoms with Gasteiger partial charge in [0, 0.05) is 31.3 Å². The minimum Gasteiger partial charge on any atom is -0.484 e. The number of carbonyl (C=O) groups excluding carboxylic acids is 2. The number of nitrogens with zero attached hydrogens (tertiary/aromatic N) is 1. The molecule has 2 aromatic rings. The molecule has 1 fully saturated rings. The molecular weight excluding hydrogens is 316 g/mol. The Morgan fingerprint density at radius 2 is 2.04 bits per heavy atom. The Hall–Kier alpha value is -2.82. The van der Waals surface area contributed by atoms with Crippen LogP contribution in [-0.2, 0) is 16.1 Å². The lowest BCUT2D eigenvalue weighted by Crippen LogP contribution is -2.28. The number of rotatable bonds is 6. The normalized spacial score (nSPS) is 13.8. The Balaban J connectivity index is 1.52. The van der Waals surface area contributed by atoms with Gasteiger partial charge in [-0.1, -0.05) is 30.3 Å². The standard InChI is InChI=1S/C20H22N2O3/c1-15-6-2-3-7-16(15)13-21-19(23)14-25-18-9-4-8-17(12-18)22-11-5-10-20(22)24/h2-4,6-9,12H,5,10-11,13-14H2,1H3,(H,21,23). The van der Waals surface area contributed by atoms with Crippen molar-refractivity contribution in [2.24, 2.45) is 0 Å². The van der Waals surface area contributed by atoms with Gasteiger partial charge >= 0.3 is 0 Å². The number of nitrogens with one attached hydrogen (secondary N) is 1. The molecule has 0 bridgehead atoms. The van der Waals surface area contributed by atoms with Crippen LogP contribution in [0.1, 0.15) is 24.0 Å². The van der Waals surface area contributed by atoms with Crippen molar-refractivity contribution >= 4 is 17.5 Å². The van der Waals surface area contributed by atoms with Crippen LogP contribution in [0.3, 0.4) is 0 Å². The minimum atomic E-state index is -0.175. The topological polar surface area (TPSA) is 58.6 Å². The van der Waals surface area contributed by atoms with E-state index in [2.05, 4.69) is 5.32 Å². The van der Waals surface area contributed by atoms with Crippen molar-refractivity contribution in [3.8, 4) is 5.75 Å². The van der Waals surface area contributed by atoms with Gasteiger partial charge in [0.15, 0.2) is 6.61 Å². The summed E-state index contributed by atoms with van der Waals surface area (Å²) in [7, 11) is 0. The average molecular weight is 338 g/mol. The van der Waals surface area contributed by atoms with Gasteiger partial charge in [-0.25, -0.2) is 0 Å². The highest BCUT2D eigenvalue weighted by atomic mass is 16.5. The summed E-state index contributed by atoms with van der Waals surface area (Å²) in [4.78, 5) is 25.6. The number of hydrogen-bond acceptors (Lipinski definition) is 3. The quantitative estimate of drug-likeness (QED) is 0.881. The van der Waals surface area contributed by atoms with E-state index in [1.165, 1.54) is 0 Å². The van der Waals surface area contributed by atoms with E-state index in [0.29, 0.717) is 18.7 Å². The maximum absolute atomic E-state index is 12.0. The van der Waals surface area contributed by atoms with E-state index < -0.39 is 0 Å². The third-order valence-electron chi connectivity index (χ3n) is 4.31. The van der Waals surface area contributed by atoms with Crippen LogP contribution >= 0.6 is 0 Å². The molecule has 1 saturated heterocycles. The summed E-state index contributed by atoms with van der Waals surface area (Å²) in [5.74, 6) is 0.544. The van der Waals surface area contributed by atoms with Gasteiger partial charge < -0.3 is 15.0 Å². The second-order valence-corrected chi connectivity index (χ2v) is 6.14. The number of amides is 2. The lowest BCUT2D eigenvalue weighted by molar-refractivity contribution is -0.123. The average Bonchev–Trinajstić information content (AvgIpc) is 3.05. The van der Waals surface area contributed by atoms with Crippen LogP contribution in [0.4, 0.5) is 5.69 Å². The molecule has 0 aliphatic carbocycles. The molecular formula is C20H22N2O3. The molecule has 5 nitrogen and oxygen atoms in total. The van der Waals surface area contributed by atoms with Crippen LogP contribution in [0, 0.1) is 6.92 Å². The van der Waals surface area contributed by atoms with Crippen molar-refractivity contribution in [3.05, 3.63) is 59.7 Å². The Labute approximate surface area is 147 Å². The van der Waals surface area contributed by atoms with Gasteiger partial charge in [-0.2, -0.15) is 0 Å². The van der Waals surface area contributed by atoms with Crippen LogP contribution in [0.15, 0.2) is 48.5 Å². The lowest BCUT2D eigenvalue weighted by atomic mass is 10.1. The molecule has 2 amide bonds. The van der Waals surface area contributed by atoms with Crippen LogP contribution in [0.5, 0.6) is 5.75 Å². The number of ether oxygens (including phenoxy) is 1. The number of aryl methyl sites for hydroxylation is 1. The van der Waals surface area contributed by atoms with Gasteiger partial charge in [0.05, 0.1) is 0 Å². The summed E-state index contributed by atoms with van der Waals surface area (Å²) < 4.78 is 5.57. The van der Waals surface area contributed by atoms with Gasteiger partial charge in [-0.3, -0.25) is 9.59 Å². The Kier molecular flexibility index (Phi) is 5.33. The summed E-state index contributed by atoms with van der Waals surface area (Å²) in [6, 6.07) is 15.3. The van der Waals surface area contributed by atoms with E-state index in [1.54, 1.807) is 17.0 Å². The molecule has 1 aliphatic heterocycles. The number of benzene rings is 2. The molecule has 130 valence electrons. The van der Waals surface area contributed by atoms with Crippen LogP contribution in [-0.4, -0.2) is 25.0 Å². The highest BCUT2D eigenvalue weighted by Crippen LogP contribution is 2.25. The Morgan fingerprint density at radius 1 is 1.20 bits per heavy atom. The number of carbonyl (C=O) groups is 2. The zero-order chi connectivity index (χ0) is 17.6. The first-order valence-corrected chi connectivity index (χ1v) is 8.48. The molecule has 25 heavy (non-hydrogen) atoms. The van der Waals surface area contributed by atoms with Crippen molar-refractivity contribution in [2.75, 3.05) is 18.1 Å². The summed E-state index contributed by atoms with van der Waals surface area (Å²) >= 11 is 0. The van der Waals surface area contributed by atoms with Crippen molar-refractivity contribution < 1.29 is 14.3 Å². The SMILES string of the molecule is Cc1ccccc1CNC(=O)COc1cccc(N2CCCC2=O)c1. The van der Waals surface area contributed by atoms with Crippen molar-refractivity contribution in [2.45, 2.75) is 26.3 Å². The zero-order valence-electron chi connectivity index (χ0n) is 14.3. The number of hydrogen-bond donors (Lipinski definition) is 1. The van der Waals surface area contributed by atoms with E-state index in [-0.39, 0.29) is 18.4 Å². The van der Waals surface area contributed by atoms with E-state index in [0.717, 1.165) is 29.8 Å². The largest absolute Gasteiger partial charge is 0.484 e. The third-order valence-corrected chi connectivity index (χ3v) is 4.31. The maximum atomic E-state index is 12.0. The van der Waals surface area contributed by atoms with E-state index in [1.807, 2.05) is 43.3 Å². The van der Waals surface area contributed by atoms with Gasteiger partial charge in [-0.15, -0.1) is 0 Å². The predicted octanol–water partition coefficient (Wildman–Crippen LogP) is 2.82. The molecule has 0 atom stereocenters. The molecule has 5 heteroatoms. The predicted molar refractivity (Wildman–Crippen MR) is 96.5 cm³/mol. The first-order chi connectivity index (χ1) is 12.1. The maximum Gasteiger partial charge on any atom is 0.258 e. The molecule has 0 unspecified atom stereocenters. The summed E-state index contributed by atoms with van der Waals surface area (Å²) in [5.41, 5.74) is 3.05. The second-order valence-electron chi connectivity index (χ2n) is 6.14. The van der Waals surface area contributed by atoms with Gasteiger partial charge in [0.1, 0.15) is 5.75 Å². The summed E-state index contributed by atoms with van der Waals surface area (Å²) in [6.45, 7) is 3.18. The smallest absolute Gasteiger partial charge is 0.258 e. The van der Waals surface area contributed by atoms with Gasteiger partial charge in [0.2, 0.25) is 5.91 Å². The monoisotopic (exact) mass is 338 g/mol. The van der Waals surface area contributed by atoms with E-state index in [9.17, 15) is 9.59 Å². The molecule has 1 aliphatic rings. The van der Waals surface area contributed by atoms with Crippen LogP contribution < -0.4 is 15.0 Å². The van der Waals surface area contributed by atoms with Gasteiger partial charge in [-0.05, 0) is 36.6 Å². The molecule has 3 rings (SSSR count). The molecule has 0 saturated carbocycles. The fourth-order valence-corrected chi connectivity index (χ4v) is 2.86. The van der Waals surface area contributed by atoms with E-state index >= 15 is 0 Å². The molecule has 2 aromatic carbocycles. The second kappa shape index (κ2) is 7.83. The molecule has 0 radical (unpaired) electrons. The number of anilines is 1. The van der Waals surface area contributed by atoms with Gasteiger partial charge in [0.25, 0.3) is 5.91 Å². The van der Waals surface area contributed by atoms with Crippen molar-refractivity contribution in [1.29, 1.82) is 0 Å². The third kappa shape index (κ3) is 4.38. The minimum absolute atomic E-state index is 0.0523. The first kappa shape index (κ1) is 17.0. The Morgan fingerprint density at radius 3 is 2.80 bits per heavy atom. The molecule has 0 spiro atoms. The molecule has 1 N–H and O–H groups in total. The highest BCUT2D eigenvalue weighted by molar-refractivity contribution is 5.95. The summed E-state index contributed by atoms with van der Waals surface area (Å²) in [6.07, 6.45) is 1.47. The van der Waals surface area contributed by atoms with Crippen molar-refractivity contribution in [3.63, 3.8) is 0 Å². The fourth-order valence-electron chi connectivity index (χ4n) is 2.86. The summed E-state index contributed by atoms with van der Waals surface area (Å²) in [5, 5.41) is 2.86. The van der Waals surface area contributed by atoms with Crippen LogP contribution in [0.2, 0.25) is 0 Å². The fraction of sp³-hybridized carbons (Fsp3) is 0.300. The van der Waals surface area contributed by atoms with Crippen molar-refractivity contribution in [1.82, 2.24) is 5.32 Å². The highest BCUT2D eigenvalue weighted by Gasteiger charge is 2.21. The molecule has 1 heterocycles.